The minimum absolute atomic E-state index is 0.164. The number of hydrogen-bond acceptors (Lipinski definition) is 2. The number of aromatic nitrogens is 1. The zero-order valence-electron chi connectivity index (χ0n) is 11.5. The van der Waals surface area contributed by atoms with Gasteiger partial charge in [0.1, 0.15) is 0 Å². The fourth-order valence-electron chi connectivity index (χ4n) is 3.09. The van der Waals surface area contributed by atoms with Gasteiger partial charge in [0, 0.05) is 49.5 Å². The van der Waals surface area contributed by atoms with Crippen molar-refractivity contribution >= 4 is 16.8 Å². The molecule has 2 aromatic rings. The molecule has 2 fully saturated rings. The molecule has 2 heterocycles. The summed E-state index contributed by atoms with van der Waals surface area (Å²) in [4.78, 5) is 20.2. The van der Waals surface area contributed by atoms with Crippen molar-refractivity contribution in [1.29, 1.82) is 0 Å². The van der Waals surface area contributed by atoms with Gasteiger partial charge in [0.25, 0.3) is 5.91 Å². The van der Waals surface area contributed by atoms with Crippen LogP contribution in [0.5, 0.6) is 0 Å². The van der Waals surface area contributed by atoms with Gasteiger partial charge in [0.2, 0.25) is 0 Å². The maximum absolute atomic E-state index is 12.6. The summed E-state index contributed by atoms with van der Waals surface area (Å²) in [6, 6.07) is 8.75. The maximum atomic E-state index is 12.6. The number of rotatable bonds is 2. The molecule has 4 rings (SSSR count). The second kappa shape index (κ2) is 4.63. The SMILES string of the molecule is O=C(c1ccc2cc[nH]c2c1)N1CCN(C2CC2)CC1. The van der Waals surface area contributed by atoms with Crippen LogP contribution in [0.2, 0.25) is 0 Å². The van der Waals surface area contributed by atoms with Crippen LogP contribution in [0.25, 0.3) is 10.9 Å². The van der Waals surface area contributed by atoms with Crippen molar-refractivity contribution in [3.05, 3.63) is 36.0 Å². The molecule has 0 spiro atoms. The highest BCUT2D eigenvalue weighted by Gasteiger charge is 2.32. The van der Waals surface area contributed by atoms with Gasteiger partial charge < -0.3 is 9.88 Å². The van der Waals surface area contributed by atoms with Gasteiger partial charge in [-0.05, 0) is 36.4 Å². The van der Waals surface area contributed by atoms with Crippen molar-refractivity contribution < 1.29 is 4.79 Å². The molecule has 0 radical (unpaired) electrons. The molecule has 0 bridgehead atoms. The first-order valence-corrected chi connectivity index (χ1v) is 7.42. The Morgan fingerprint density at radius 1 is 1.10 bits per heavy atom. The number of carbonyl (C=O) groups is 1. The van der Waals surface area contributed by atoms with E-state index in [9.17, 15) is 4.79 Å². The molecule has 0 atom stereocenters. The van der Waals surface area contributed by atoms with Crippen molar-refractivity contribution in [2.24, 2.45) is 0 Å². The van der Waals surface area contributed by atoms with Crippen LogP contribution < -0.4 is 0 Å². The molecule has 1 aromatic carbocycles. The number of nitrogens with zero attached hydrogens (tertiary/aromatic N) is 2. The van der Waals surface area contributed by atoms with E-state index in [4.69, 9.17) is 0 Å². The molecule has 20 heavy (non-hydrogen) atoms. The van der Waals surface area contributed by atoms with E-state index < -0.39 is 0 Å². The molecule has 1 saturated heterocycles. The minimum atomic E-state index is 0.164. The first-order valence-electron chi connectivity index (χ1n) is 7.42. The number of carbonyl (C=O) groups excluding carboxylic acids is 1. The molecular weight excluding hydrogens is 250 g/mol. The Morgan fingerprint density at radius 3 is 2.65 bits per heavy atom. The third-order valence-corrected chi connectivity index (χ3v) is 4.47. The molecule has 1 N–H and O–H groups in total. The Hall–Kier alpha value is -1.81. The molecule has 1 aliphatic carbocycles. The summed E-state index contributed by atoms with van der Waals surface area (Å²) in [5.74, 6) is 0.164. The van der Waals surface area contributed by atoms with E-state index in [2.05, 4.69) is 9.88 Å². The van der Waals surface area contributed by atoms with Crippen LogP contribution in [0.1, 0.15) is 23.2 Å². The molecule has 2 aliphatic rings. The number of piperazine rings is 1. The lowest BCUT2D eigenvalue weighted by atomic mass is 10.1. The van der Waals surface area contributed by atoms with Crippen LogP contribution in [0.15, 0.2) is 30.5 Å². The van der Waals surface area contributed by atoms with Gasteiger partial charge in [-0.15, -0.1) is 0 Å². The molecule has 1 amide bonds. The van der Waals surface area contributed by atoms with Gasteiger partial charge >= 0.3 is 0 Å². The largest absolute Gasteiger partial charge is 0.361 e. The van der Waals surface area contributed by atoms with Crippen LogP contribution >= 0.6 is 0 Å². The number of aromatic amines is 1. The fraction of sp³-hybridized carbons (Fsp3) is 0.438. The van der Waals surface area contributed by atoms with Crippen LogP contribution in [0.3, 0.4) is 0 Å². The predicted molar refractivity (Wildman–Crippen MR) is 78.8 cm³/mol. The minimum Gasteiger partial charge on any atom is -0.361 e. The maximum Gasteiger partial charge on any atom is 0.254 e. The standard InChI is InChI=1S/C16H19N3O/c20-16(13-2-1-12-5-6-17-15(12)11-13)19-9-7-18(8-10-19)14-3-4-14/h1-2,5-6,11,14,17H,3-4,7-10H2. The quantitative estimate of drug-likeness (QED) is 0.906. The van der Waals surface area contributed by atoms with Crippen LogP contribution in [-0.2, 0) is 0 Å². The van der Waals surface area contributed by atoms with Crippen molar-refractivity contribution in [3.63, 3.8) is 0 Å². The number of fused-ring (bicyclic) bond motifs is 1. The fourth-order valence-corrected chi connectivity index (χ4v) is 3.09. The van der Waals surface area contributed by atoms with E-state index in [0.717, 1.165) is 48.7 Å². The summed E-state index contributed by atoms with van der Waals surface area (Å²) in [6.45, 7) is 3.78. The lowest BCUT2D eigenvalue weighted by molar-refractivity contribution is 0.0627. The molecule has 1 aliphatic heterocycles. The average molecular weight is 269 g/mol. The van der Waals surface area contributed by atoms with Crippen molar-refractivity contribution in [1.82, 2.24) is 14.8 Å². The zero-order valence-corrected chi connectivity index (χ0v) is 11.5. The Balaban J connectivity index is 1.48. The number of amides is 1. The van der Waals surface area contributed by atoms with Gasteiger partial charge in [-0.1, -0.05) is 6.07 Å². The van der Waals surface area contributed by atoms with Gasteiger partial charge in [-0.25, -0.2) is 0 Å². The Labute approximate surface area is 118 Å². The Morgan fingerprint density at radius 2 is 1.90 bits per heavy atom. The monoisotopic (exact) mass is 269 g/mol. The Kier molecular flexibility index (Phi) is 2.77. The van der Waals surface area contributed by atoms with Gasteiger partial charge in [-0.3, -0.25) is 9.69 Å². The highest BCUT2D eigenvalue weighted by Crippen LogP contribution is 2.27. The summed E-state index contributed by atoms with van der Waals surface area (Å²) >= 11 is 0. The third kappa shape index (κ3) is 2.10. The number of nitrogens with one attached hydrogen (secondary N) is 1. The predicted octanol–water partition coefficient (Wildman–Crippen LogP) is 2.09. The van der Waals surface area contributed by atoms with E-state index in [0.29, 0.717) is 0 Å². The van der Waals surface area contributed by atoms with Crippen LogP contribution in [0.4, 0.5) is 0 Å². The summed E-state index contributed by atoms with van der Waals surface area (Å²) in [7, 11) is 0. The summed E-state index contributed by atoms with van der Waals surface area (Å²) in [5, 5.41) is 1.15. The number of benzene rings is 1. The second-order valence-corrected chi connectivity index (χ2v) is 5.84. The molecular formula is C16H19N3O. The molecule has 4 heteroatoms. The molecule has 4 nitrogen and oxygen atoms in total. The summed E-state index contributed by atoms with van der Waals surface area (Å²) < 4.78 is 0. The van der Waals surface area contributed by atoms with Gasteiger partial charge in [0.15, 0.2) is 0 Å². The number of hydrogen-bond donors (Lipinski definition) is 1. The van der Waals surface area contributed by atoms with Crippen LogP contribution in [0, 0.1) is 0 Å². The normalized spacial score (nSPS) is 20.5. The second-order valence-electron chi connectivity index (χ2n) is 5.84. The van der Waals surface area contributed by atoms with Gasteiger partial charge in [-0.2, -0.15) is 0 Å². The highest BCUT2D eigenvalue weighted by atomic mass is 16.2. The first kappa shape index (κ1) is 12.0. The first-order chi connectivity index (χ1) is 9.81. The lowest BCUT2D eigenvalue weighted by Crippen LogP contribution is -2.49. The summed E-state index contributed by atoms with van der Waals surface area (Å²) in [6.07, 6.45) is 4.60. The highest BCUT2D eigenvalue weighted by molar-refractivity contribution is 5.98. The molecule has 1 saturated carbocycles. The van der Waals surface area contributed by atoms with Crippen molar-refractivity contribution in [2.75, 3.05) is 26.2 Å². The van der Waals surface area contributed by atoms with E-state index >= 15 is 0 Å². The third-order valence-electron chi connectivity index (χ3n) is 4.47. The Bertz CT molecular complexity index is 636. The average Bonchev–Trinajstić information content (AvgIpc) is 3.24. The van der Waals surface area contributed by atoms with E-state index in [1.165, 1.54) is 12.8 Å². The van der Waals surface area contributed by atoms with Gasteiger partial charge in [0.05, 0.1) is 0 Å². The molecule has 0 unspecified atom stereocenters. The van der Waals surface area contributed by atoms with E-state index in [-0.39, 0.29) is 5.91 Å². The molecule has 1 aromatic heterocycles. The summed E-state index contributed by atoms with van der Waals surface area (Å²) in [5.41, 5.74) is 1.83. The topological polar surface area (TPSA) is 39.3 Å². The smallest absolute Gasteiger partial charge is 0.254 e. The lowest BCUT2D eigenvalue weighted by Gasteiger charge is -2.34. The zero-order chi connectivity index (χ0) is 13.5. The van der Waals surface area contributed by atoms with Crippen molar-refractivity contribution in [2.45, 2.75) is 18.9 Å². The van der Waals surface area contributed by atoms with Crippen molar-refractivity contribution in [3.8, 4) is 0 Å². The molecule has 104 valence electrons. The number of H-pyrrole nitrogens is 1. The van der Waals surface area contributed by atoms with E-state index in [1.807, 2.05) is 35.4 Å². The van der Waals surface area contributed by atoms with E-state index in [1.54, 1.807) is 0 Å². The van der Waals surface area contributed by atoms with Crippen LogP contribution in [-0.4, -0.2) is 52.9 Å².